The normalized spacial score (nSPS) is 10.1. The summed E-state index contributed by atoms with van der Waals surface area (Å²) in [5, 5.41) is 0.715. The summed E-state index contributed by atoms with van der Waals surface area (Å²) in [7, 11) is -3.85. The van der Waals surface area contributed by atoms with Gasteiger partial charge in [0, 0.05) is 0 Å². The Hall–Kier alpha value is -0.130. The summed E-state index contributed by atoms with van der Waals surface area (Å²) in [6.45, 7) is 3.59. The van der Waals surface area contributed by atoms with Gasteiger partial charge in [0.05, 0.1) is 5.41 Å². The second kappa shape index (κ2) is 9.12. The van der Waals surface area contributed by atoms with Gasteiger partial charge in [0.25, 0.3) is 10.1 Å². The molecule has 0 aliphatic carbocycles. The molecule has 1 N–H and O–H groups in total. The first-order chi connectivity index (χ1) is 6.45. The Morgan fingerprint density at radius 1 is 1.20 bits per heavy atom. The predicted molar refractivity (Wildman–Crippen MR) is 64.7 cm³/mol. The maximum absolute atomic E-state index is 9.70. The van der Waals surface area contributed by atoms with Crippen molar-refractivity contribution in [1.82, 2.24) is 0 Å². The zero-order valence-electron chi connectivity index (χ0n) is 8.21. The molecule has 0 spiro atoms. The molecule has 80 valence electrons. The summed E-state index contributed by atoms with van der Waals surface area (Å²) in [5.41, 5.74) is 1.32. The van der Waals surface area contributed by atoms with Crippen molar-refractivity contribution < 1.29 is 13.0 Å². The molecule has 0 radical (unpaired) electrons. The van der Waals surface area contributed by atoms with Gasteiger partial charge in [0.15, 0.2) is 0 Å². The van der Waals surface area contributed by atoms with Gasteiger partial charge in [-0.05, 0) is 13.8 Å². The van der Waals surface area contributed by atoms with E-state index in [1.165, 1.54) is 18.6 Å². The average Bonchev–Trinajstić information content (AvgIpc) is 2.04. The van der Waals surface area contributed by atoms with Crippen LogP contribution in [0.1, 0.15) is 12.5 Å². The van der Waals surface area contributed by atoms with Crippen LogP contribution < -0.4 is 0 Å². The zero-order chi connectivity index (χ0) is 11.0. The molecule has 3 nitrogen and oxygen atoms in total. The third-order valence-corrected chi connectivity index (χ3v) is 1.86. The molecule has 1 aromatic carbocycles. The molecule has 0 heterocycles. The summed E-state index contributed by atoms with van der Waals surface area (Å²) in [4.78, 5) is 0. The Kier molecular flexibility index (Phi) is 10.5. The number of aryl methyl sites for hydroxylation is 1. The van der Waals surface area contributed by atoms with Crippen molar-refractivity contribution in [3.8, 4) is 0 Å². The molecule has 0 aliphatic rings. The van der Waals surface area contributed by atoms with E-state index in [4.69, 9.17) is 4.55 Å². The molecule has 1 aromatic rings. The second-order valence-electron chi connectivity index (χ2n) is 2.64. The van der Waals surface area contributed by atoms with Crippen molar-refractivity contribution in [3.63, 3.8) is 0 Å². The van der Waals surface area contributed by atoms with Crippen molar-refractivity contribution in [2.45, 2.75) is 13.8 Å². The molecule has 0 saturated carbocycles. The quantitative estimate of drug-likeness (QED) is 0.599. The molecular weight excluding hydrogens is 223 g/mol. The molecule has 0 saturated heterocycles. The molecule has 0 unspecified atom stereocenters. The predicted octanol–water partition coefficient (Wildman–Crippen LogP) is 1.75. The molecule has 0 amide bonds. The van der Waals surface area contributed by atoms with Crippen LogP contribution in [0, 0.1) is 6.92 Å². The van der Waals surface area contributed by atoms with Crippen LogP contribution in [0.4, 0.5) is 0 Å². The van der Waals surface area contributed by atoms with Gasteiger partial charge in [-0.1, -0.05) is 42.0 Å². The van der Waals surface area contributed by atoms with E-state index in [0.717, 1.165) is 0 Å². The van der Waals surface area contributed by atoms with Crippen molar-refractivity contribution in [2.24, 2.45) is 0 Å². The Labute approximate surface area is 113 Å². The minimum absolute atomic E-state index is 0. The molecule has 0 bridgehead atoms. The molecule has 1 rings (SSSR count). The summed E-state index contributed by atoms with van der Waals surface area (Å²) in [5.74, 6) is 0. The molecule has 5 heteroatoms. The fourth-order valence-electron chi connectivity index (χ4n) is 0.706. The summed E-state index contributed by atoms with van der Waals surface area (Å²) in [6, 6.07) is 10.3. The number of hydrogen-bond acceptors (Lipinski definition) is 2. The van der Waals surface area contributed by atoms with Gasteiger partial charge >= 0.3 is 29.6 Å². The minimum atomic E-state index is -3.85. The number of hydrogen-bond donors (Lipinski definition) is 1. The monoisotopic (exact) mass is 238 g/mol. The summed E-state index contributed by atoms with van der Waals surface area (Å²) in [6.07, 6.45) is 1.25. The van der Waals surface area contributed by atoms with E-state index in [2.05, 4.69) is 19.1 Å². The first kappa shape index (κ1) is 17.3. The van der Waals surface area contributed by atoms with Crippen LogP contribution in [0.15, 0.2) is 41.8 Å². The first-order valence-corrected chi connectivity index (χ1v) is 5.58. The van der Waals surface area contributed by atoms with E-state index >= 15 is 0 Å². The van der Waals surface area contributed by atoms with Gasteiger partial charge in [-0.3, -0.25) is 4.55 Å². The fraction of sp³-hybridized carbons (Fsp3) is 0.200. The fourth-order valence-corrected chi connectivity index (χ4v) is 1.05. The Balaban J connectivity index is 0. The molecule has 0 aliphatic heterocycles. The van der Waals surface area contributed by atoms with Gasteiger partial charge in [-0.25, -0.2) is 0 Å². The van der Waals surface area contributed by atoms with E-state index in [-0.39, 0.29) is 29.6 Å². The van der Waals surface area contributed by atoms with Crippen molar-refractivity contribution in [3.05, 3.63) is 47.4 Å². The molecule has 15 heavy (non-hydrogen) atoms. The number of allylic oxidation sites excluding steroid dienone is 1. The molecule has 0 fully saturated rings. The van der Waals surface area contributed by atoms with E-state index < -0.39 is 10.1 Å². The van der Waals surface area contributed by atoms with Crippen LogP contribution >= 0.6 is 0 Å². The number of benzene rings is 1. The van der Waals surface area contributed by atoms with Crippen LogP contribution in [0.5, 0.6) is 0 Å². The number of rotatable bonds is 1. The summed E-state index contributed by atoms with van der Waals surface area (Å²) < 4.78 is 27.3. The van der Waals surface area contributed by atoms with Crippen LogP contribution in [0.2, 0.25) is 0 Å². The third kappa shape index (κ3) is 13.9. The van der Waals surface area contributed by atoms with Gasteiger partial charge in [-0.15, -0.1) is 0 Å². The van der Waals surface area contributed by atoms with Crippen molar-refractivity contribution in [2.75, 3.05) is 0 Å². The van der Waals surface area contributed by atoms with Crippen LogP contribution in [0.3, 0.4) is 0 Å². The van der Waals surface area contributed by atoms with Crippen LogP contribution in [0.25, 0.3) is 0 Å². The second-order valence-corrected chi connectivity index (χ2v) is 3.94. The Morgan fingerprint density at radius 3 is 1.80 bits per heavy atom. The Morgan fingerprint density at radius 2 is 1.67 bits per heavy atom. The summed E-state index contributed by atoms with van der Waals surface area (Å²) >= 11 is 0. The topological polar surface area (TPSA) is 54.4 Å². The van der Waals surface area contributed by atoms with E-state index in [1.54, 1.807) is 0 Å². The average molecular weight is 238 g/mol. The molecule has 0 atom stereocenters. The van der Waals surface area contributed by atoms with Crippen molar-refractivity contribution >= 4 is 39.7 Å². The van der Waals surface area contributed by atoms with Gasteiger partial charge < -0.3 is 0 Å². The first-order valence-electron chi connectivity index (χ1n) is 4.07. The van der Waals surface area contributed by atoms with Crippen LogP contribution in [-0.2, 0) is 10.1 Å². The molecular formula is C10H15NaO3S. The van der Waals surface area contributed by atoms with Crippen molar-refractivity contribution in [1.29, 1.82) is 0 Å². The molecule has 0 aromatic heterocycles. The van der Waals surface area contributed by atoms with Gasteiger partial charge in [0.2, 0.25) is 0 Å². The maximum atomic E-state index is 9.70. The van der Waals surface area contributed by atoms with E-state index in [0.29, 0.717) is 5.41 Å². The van der Waals surface area contributed by atoms with E-state index in [1.807, 2.05) is 18.2 Å². The zero-order valence-corrected chi connectivity index (χ0v) is 9.03. The van der Waals surface area contributed by atoms with Gasteiger partial charge in [-0.2, -0.15) is 8.42 Å². The standard InChI is InChI=1S/C7H8.C3H6O3S.Na.H/c1-7-5-3-2-4-6-7;1-2-3-7(4,5)6;;/h2-6H,1H3;2-3H,1H3,(H,4,5,6);;. The SMILES string of the molecule is CC=CS(=O)(=O)O.Cc1ccccc1.[NaH]. The third-order valence-electron chi connectivity index (χ3n) is 1.25. The van der Waals surface area contributed by atoms with Crippen LogP contribution in [-0.4, -0.2) is 42.5 Å². The van der Waals surface area contributed by atoms with E-state index in [9.17, 15) is 8.42 Å². The van der Waals surface area contributed by atoms with Gasteiger partial charge in [0.1, 0.15) is 0 Å². The Bertz CT molecular complexity index is 371.